The number of hydrogen-bond acceptors (Lipinski definition) is 3. The van der Waals surface area contributed by atoms with Crippen LogP contribution in [-0.4, -0.2) is 14.3 Å². The van der Waals surface area contributed by atoms with E-state index in [2.05, 4.69) is 4.72 Å². The van der Waals surface area contributed by atoms with E-state index in [1.54, 1.807) is 12.1 Å². The van der Waals surface area contributed by atoms with Gasteiger partial charge in [-0.2, -0.15) is 0 Å². The van der Waals surface area contributed by atoms with Crippen LogP contribution in [-0.2, 0) is 10.0 Å². The summed E-state index contributed by atoms with van der Waals surface area (Å²) in [5, 5.41) is 7.45. The third-order valence-electron chi connectivity index (χ3n) is 2.89. The van der Waals surface area contributed by atoms with E-state index in [-0.39, 0.29) is 22.0 Å². The number of hydrogen-bond donors (Lipinski definition) is 3. The van der Waals surface area contributed by atoms with Crippen molar-refractivity contribution in [3.63, 3.8) is 0 Å². The summed E-state index contributed by atoms with van der Waals surface area (Å²) in [4.78, 5) is -0.0257. The molecule has 0 bridgehead atoms. The lowest BCUT2D eigenvalue weighted by molar-refractivity contribution is 0.598. The highest BCUT2D eigenvalue weighted by molar-refractivity contribution is 7.92. The number of benzene rings is 2. The second kappa shape index (κ2) is 5.53. The van der Waals surface area contributed by atoms with Gasteiger partial charge < -0.3 is 5.73 Å². The highest BCUT2D eigenvalue weighted by atomic mass is 32.2. The van der Waals surface area contributed by atoms with Gasteiger partial charge in [0.15, 0.2) is 0 Å². The van der Waals surface area contributed by atoms with Gasteiger partial charge in [-0.05, 0) is 42.8 Å². The van der Waals surface area contributed by atoms with Crippen LogP contribution in [0.1, 0.15) is 11.1 Å². The third kappa shape index (κ3) is 3.19. The molecule has 0 amide bonds. The Labute approximate surface area is 122 Å². The molecule has 5 nitrogen and oxygen atoms in total. The fourth-order valence-corrected chi connectivity index (χ4v) is 3.23. The number of nitrogens with one attached hydrogen (secondary N) is 2. The average Bonchev–Trinajstić information content (AvgIpc) is 2.37. The number of para-hydroxylation sites is 1. The molecule has 0 saturated carbocycles. The van der Waals surface area contributed by atoms with Crippen LogP contribution >= 0.6 is 0 Å². The Bertz CT molecular complexity index is 804. The van der Waals surface area contributed by atoms with E-state index in [9.17, 15) is 12.8 Å². The van der Waals surface area contributed by atoms with Crippen LogP contribution in [0.2, 0.25) is 0 Å². The van der Waals surface area contributed by atoms with Crippen LogP contribution in [0.25, 0.3) is 0 Å². The van der Waals surface area contributed by atoms with Crippen LogP contribution in [0.5, 0.6) is 0 Å². The molecule has 0 unspecified atom stereocenters. The second-order valence-corrected chi connectivity index (χ2v) is 6.13. The smallest absolute Gasteiger partial charge is 0.262 e. The highest BCUT2D eigenvalue weighted by Crippen LogP contribution is 2.22. The number of halogens is 1. The summed E-state index contributed by atoms with van der Waals surface area (Å²) in [6.45, 7) is 1.51. The van der Waals surface area contributed by atoms with Crippen LogP contribution in [0.15, 0.2) is 47.4 Å². The van der Waals surface area contributed by atoms with Crippen molar-refractivity contribution >= 4 is 21.5 Å². The Kier molecular flexibility index (Phi) is 3.95. The summed E-state index contributed by atoms with van der Waals surface area (Å²) in [5.74, 6) is -0.750. The summed E-state index contributed by atoms with van der Waals surface area (Å²) in [5.41, 5.74) is 6.20. The Morgan fingerprint density at radius 2 is 1.90 bits per heavy atom. The average molecular weight is 307 g/mol. The maximum atomic E-state index is 13.1. The van der Waals surface area contributed by atoms with Gasteiger partial charge in [0, 0.05) is 5.56 Å². The molecule has 0 heterocycles. The van der Waals surface area contributed by atoms with Crippen molar-refractivity contribution in [1.29, 1.82) is 5.41 Å². The Morgan fingerprint density at radius 3 is 2.52 bits per heavy atom. The summed E-state index contributed by atoms with van der Waals surface area (Å²) in [6, 6.07) is 9.75. The van der Waals surface area contributed by atoms with Gasteiger partial charge in [-0.3, -0.25) is 10.1 Å². The number of rotatable bonds is 4. The predicted molar refractivity (Wildman–Crippen MR) is 79.4 cm³/mol. The van der Waals surface area contributed by atoms with E-state index in [4.69, 9.17) is 11.1 Å². The van der Waals surface area contributed by atoms with E-state index in [1.165, 1.54) is 25.1 Å². The minimum atomic E-state index is -3.89. The van der Waals surface area contributed by atoms with Gasteiger partial charge in [0.05, 0.1) is 10.6 Å². The van der Waals surface area contributed by atoms with Crippen LogP contribution < -0.4 is 10.5 Å². The predicted octanol–water partition coefficient (Wildman–Crippen LogP) is 2.22. The normalized spacial score (nSPS) is 11.1. The number of anilines is 1. The zero-order chi connectivity index (χ0) is 15.6. The molecule has 2 aromatic rings. The van der Waals surface area contributed by atoms with Gasteiger partial charge in [0.25, 0.3) is 10.0 Å². The maximum absolute atomic E-state index is 13.1. The second-order valence-electron chi connectivity index (χ2n) is 4.47. The molecule has 0 fully saturated rings. The monoisotopic (exact) mass is 307 g/mol. The van der Waals surface area contributed by atoms with Crippen molar-refractivity contribution in [2.75, 3.05) is 4.72 Å². The summed E-state index contributed by atoms with van der Waals surface area (Å²) >= 11 is 0. The summed E-state index contributed by atoms with van der Waals surface area (Å²) in [6.07, 6.45) is 0. The zero-order valence-corrected chi connectivity index (χ0v) is 12.0. The first-order valence-corrected chi connectivity index (χ1v) is 7.52. The van der Waals surface area contributed by atoms with E-state index in [1.807, 2.05) is 0 Å². The van der Waals surface area contributed by atoms with E-state index >= 15 is 0 Å². The maximum Gasteiger partial charge on any atom is 0.262 e. The molecule has 0 radical (unpaired) electrons. The largest absolute Gasteiger partial charge is 0.384 e. The van der Waals surface area contributed by atoms with Crippen molar-refractivity contribution < 1.29 is 12.8 Å². The van der Waals surface area contributed by atoms with E-state index in [0.29, 0.717) is 5.56 Å². The van der Waals surface area contributed by atoms with Crippen molar-refractivity contribution in [3.8, 4) is 0 Å². The SMILES string of the molecule is Cc1cc(F)ccc1S(=O)(=O)Nc1ccccc1C(=N)N. The van der Waals surface area contributed by atoms with Gasteiger partial charge in [-0.25, -0.2) is 12.8 Å². The molecule has 2 aromatic carbocycles. The topological polar surface area (TPSA) is 96.0 Å². The lowest BCUT2D eigenvalue weighted by Crippen LogP contribution is -2.19. The molecule has 0 atom stereocenters. The first kappa shape index (κ1) is 15.0. The van der Waals surface area contributed by atoms with Crippen molar-refractivity contribution in [2.24, 2.45) is 5.73 Å². The lowest BCUT2D eigenvalue weighted by atomic mass is 10.2. The molecule has 4 N–H and O–H groups in total. The van der Waals surface area contributed by atoms with Crippen molar-refractivity contribution in [2.45, 2.75) is 11.8 Å². The number of nitrogens with two attached hydrogens (primary N) is 1. The number of sulfonamides is 1. The van der Waals surface area contributed by atoms with Gasteiger partial charge in [-0.1, -0.05) is 12.1 Å². The lowest BCUT2D eigenvalue weighted by Gasteiger charge is -2.13. The first-order chi connectivity index (χ1) is 9.81. The zero-order valence-electron chi connectivity index (χ0n) is 11.2. The molecule has 0 aromatic heterocycles. The number of nitrogen functional groups attached to an aromatic ring is 1. The Balaban J connectivity index is 2.45. The Hall–Kier alpha value is -2.41. The molecular formula is C14H14FN3O2S. The summed E-state index contributed by atoms with van der Waals surface area (Å²) in [7, 11) is -3.89. The van der Waals surface area contributed by atoms with Crippen LogP contribution in [0.3, 0.4) is 0 Å². The van der Waals surface area contributed by atoms with Crippen molar-refractivity contribution in [1.82, 2.24) is 0 Å². The fourth-order valence-electron chi connectivity index (χ4n) is 1.92. The first-order valence-electron chi connectivity index (χ1n) is 6.03. The molecular weight excluding hydrogens is 293 g/mol. The Morgan fingerprint density at radius 1 is 1.24 bits per heavy atom. The number of amidine groups is 1. The highest BCUT2D eigenvalue weighted by Gasteiger charge is 2.19. The molecule has 110 valence electrons. The van der Waals surface area contributed by atoms with Gasteiger partial charge in [-0.15, -0.1) is 0 Å². The van der Waals surface area contributed by atoms with Crippen molar-refractivity contribution in [3.05, 3.63) is 59.4 Å². The van der Waals surface area contributed by atoms with E-state index in [0.717, 1.165) is 12.1 Å². The number of aryl methyl sites for hydroxylation is 1. The minimum absolute atomic E-state index is 0.0257. The quantitative estimate of drug-likeness (QED) is 0.597. The minimum Gasteiger partial charge on any atom is -0.384 e. The van der Waals surface area contributed by atoms with Gasteiger partial charge in [0.1, 0.15) is 11.7 Å². The van der Waals surface area contributed by atoms with Crippen LogP contribution in [0, 0.1) is 18.2 Å². The molecule has 7 heteroatoms. The standard InChI is InChI=1S/C14H14FN3O2S/c1-9-8-10(15)6-7-13(9)21(19,20)18-12-5-3-2-4-11(12)14(16)17/h2-8,18H,1H3,(H3,16,17). The molecule has 2 rings (SSSR count). The molecule has 0 spiro atoms. The fraction of sp³-hybridized carbons (Fsp3) is 0.0714. The molecule has 0 aliphatic rings. The van der Waals surface area contributed by atoms with E-state index < -0.39 is 15.8 Å². The van der Waals surface area contributed by atoms with Crippen LogP contribution in [0.4, 0.5) is 10.1 Å². The summed E-state index contributed by atoms with van der Waals surface area (Å²) < 4.78 is 40.2. The molecule has 0 saturated heterocycles. The van der Waals surface area contributed by atoms with Gasteiger partial charge in [0.2, 0.25) is 0 Å². The molecule has 0 aliphatic heterocycles. The third-order valence-corrected chi connectivity index (χ3v) is 4.41. The molecule has 0 aliphatic carbocycles. The van der Waals surface area contributed by atoms with Gasteiger partial charge >= 0.3 is 0 Å². The molecule has 21 heavy (non-hydrogen) atoms.